The van der Waals surface area contributed by atoms with Crippen molar-refractivity contribution in [1.82, 2.24) is 14.3 Å². The molecule has 0 radical (unpaired) electrons. The van der Waals surface area contributed by atoms with E-state index in [1.165, 1.54) is 10.6 Å². The molecule has 0 amide bonds. The Morgan fingerprint density at radius 2 is 2.21 bits per heavy atom. The normalized spacial score (nSPS) is 16.8. The van der Waals surface area contributed by atoms with Gasteiger partial charge in [-0.2, -0.15) is 0 Å². The van der Waals surface area contributed by atoms with Gasteiger partial charge in [0.05, 0.1) is 11.4 Å². The monoisotopic (exact) mass is 271 g/mol. The first kappa shape index (κ1) is 8.88. The Kier molecular flexibility index (Phi) is 1.78. The predicted molar refractivity (Wildman–Crippen MR) is 60.7 cm³/mol. The number of hydrogen-bond donors (Lipinski definition) is 0. The van der Waals surface area contributed by atoms with Crippen molar-refractivity contribution in [2.75, 3.05) is 7.05 Å². The summed E-state index contributed by atoms with van der Waals surface area (Å²) in [6, 6.07) is 0. The van der Waals surface area contributed by atoms with E-state index in [4.69, 9.17) is 0 Å². The topological polar surface area (TPSA) is 20.5 Å². The van der Waals surface area contributed by atoms with Crippen LogP contribution in [0.2, 0.25) is 0 Å². The molecule has 0 saturated carbocycles. The van der Waals surface area contributed by atoms with E-state index in [0.29, 0.717) is 0 Å². The highest BCUT2D eigenvalue weighted by Gasteiger charge is 2.24. The number of halogens is 1. The highest BCUT2D eigenvalue weighted by molar-refractivity contribution is 9.10. The van der Waals surface area contributed by atoms with Crippen molar-refractivity contribution in [3.05, 3.63) is 20.9 Å². The number of thiazole rings is 1. The third-order valence-corrected chi connectivity index (χ3v) is 4.59. The summed E-state index contributed by atoms with van der Waals surface area (Å²) in [6.07, 6.45) is 0. The molecule has 3 rings (SSSR count). The molecule has 0 N–H and O–H groups in total. The first-order valence-corrected chi connectivity index (χ1v) is 6.11. The van der Waals surface area contributed by atoms with Crippen molar-refractivity contribution >= 4 is 32.2 Å². The fourth-order valence-corrected chi connectivity index (χ4v) is 3.76. The highest BCUT2D eigenvalue weighted by Crippen LogP contribution is 2.33. The summed E-state index contributed by atoms with van der Waals surface area (Å²) < 4.78 is 3.35. The number of nitrogens with zero attached hydrogens (tertiary/aromatic N) is 3. The van der Waals surface area contributed by atoms with E-state index in [2.05, 4.69) is 37.3 Å². The van der Waals surface area contributed by atoms with Gasteiger partial charge in [-0.1, -0.05) is 11.3 Å². The number of aryl methyl sites for hydroxylation is 1. The smallest absolute Gasteiger partial charge is 0.195 e. The Labute approximate surface area is 94.5 Å². The largest absolute Gasteiger partial charge is 0.295 e. The average molecular weight is 272 g/mol. The highest BCUT2D eigenvalue weighted by atomic mass is 79.9. The van der Waals surface area contributed by atoms with E-state index >= 15 is 0 Å². The van der Waals surface area contributed by atoms with Gasteiger partial charge in [-0.15, -0.1) is 0 Å². The fraction of sp³-hybridized carbons (Fsp3) is 0.444. The maximum atomic E-state index is 4.52. The summed E-state index contributed by atoms with van der Waals surface area (Å²) in [7, 11) is 2.15. The average Bonchev–Trinajstić information content (AvgIpc) is 2.65. The molecule has 1 aliphatic rings. The number of fused-ring (bicyclic) bond motifs is 3. The van der Waals surface area contributed by atoms with Crippen molar-refractivity contribution < 1.29 is 0 Å². The Hall–Kier alpha value is -0.390. The van der Waals surface area contributed by atoms with Gasteiger partial charge < -0.3 is 0 Å². The summed E-state index contributed by atoms with van der Waals surface area (Å²) in [5.74, 6) is 0. The standard InChI is InChI=1S/C9H10BrN3S/c1-5-8(10)13-6-3-12(2)4-7(6)14-9(13)11-5/h3-4H2,1-2H3. The summed E-state index contributed by atoms with van der Waals surface area (Å²) in [6.45, 7) is 4.13. The van der Waals surface area contributed by atoms with Gasteiger partial charge in [0, 0.05) is 18.0 Å². The Morgan fingerprint density at radius 3 is 3.00 bits per heavy atom. The Bertz CT molecular complexity index is 514. The van der Waals surface area contributed by atoms with Crippen LogP contribution in [0.25, 0.3) is 4.96 Å². The van der Waals surface area contributed by atoms with E-state index in [0.717, 1.165) is 28.3 Å². The molecule has 0 fully saturated rings. The molecule has 2 aromatic heterocycles. The number of aromatic nitrogens is 2. The summed E-state index contributed by atoms with van der Waals surface area (Å²) in [5, 5.41) is 0. The molecule has 1 aliphatic heterocycles. The van der Waals surface area contributed by atoms with Crippen LogP contribution >= 0.6 is 27.3 Å². The van der Waals surface area contributed by atoms with Crippen molar-refractivity contribution in [3.8, 4) is 0 Å². The molecule has 0 atom stereocenters. The van der Waals surface area contributed by atoms with Gasteiger partial charge in [-0.3, -0.25) is 9.30 Å². The van der Waals surface area contributed by atoms with Crippen LogP contribution in [-0.4, -0.2) is 21.3 Å². The lowest BCUT2D eigenvalue weighted by Gasteiger charge is -2.04. The minimum absolute atomic E-state index is 1.03. The van der Waals surface area contributed by atoms with E-state index in [-0.39, 0.29) is 0 Å². The van der Waals surface area contributed by atoms with Crippen LogP contribution < -0.4 is 0 Å². The first-order valence-electron chi connectivity index (χ1n) is 4.50. The van der Waals surface area contributed by atoms with E-state index in [1.807, 2.05) is 6.92 Å². The Balaban J connectivity index is 2.33. The minimum atomic E-state index is 1.03. The van der Waals surface area contributed by atoms with Gasteiger partial charge in [-0.25, -0.2) is 4.98 Å². The lowest BCUT2D eigenvalue weighted by molar-refractivity contribution is 0.351. The zero-order valence-corrected chi connectivity index (χ0v) is 10.4. The maximum absolute atomic E-state index is 4.52. The molecular formula is C9H10BrN3S. The second-order valence-electron chi connectivity index (χ2n) is 3.75. The number of rotatable bonds is 0. The Morgan fingerprint density at radius 1 is 1.43 bits per heavy atom. The third kappa shape index (κ3) is 1.03. The van der Waals surface area contributed by atoms with Crippen molar-refractivity contribution in [2.24, 2.45) is 0 Å². The molecule has 2 aromatic rings. The van der Waals surface area contributed by atoms with E-state index in [1.54, 1.807) is 11.3 Å². The molecule has 0 aliphatic carbocycles. The lowest BCUT2D eigenvalue weighted by atomic mass is 10.4. The van der Waals surface area contributed by atoms with Gasteiger partial charge in [-0.05, 0) is 29.9 Å². The van der Waals surface area contributed by atoms with Crippen molar-refractivity contribution in [2.45, 2.75) is 20.0 Å². The van der Waals surface area contributed by atoms with Crippen LogP contribution in [-0.2, 0) is 13.1 Å². The van der Waals surface area contributed by atoms with Gasteiger partial charge in [0.1, 0.15) is 4.60 Å². The predicted octanol–water partition coefficient (Wildman–Crippen LogP) is 2.41. The SMILES string of the molecule is Cc1nc2sc3c(n2c1Br)CN(C)C3. The van der Waals surface area contributed by atoms with Crippen LogP contribution in [0.1, 0.15) is 16.3 Å². The maximum Gasteiger partial charge on any atom is 0.195 e. The zero-order valence-electron chi connectivity index (χ0n) is 8.04. The summed E-state index contributed by atoms with van der Waals surface area (Å²) in [5.41, 5.74) is 2.48. The van der Waals surface area contributed by atoms with Crippen molar-refractivity contribution in [3.63, 3.8) is 0 Å². The third-order valence-electron chi connectivity index (χ3n) is 2.59. The quantitative estimate of drug-likeness (QED) is 0.734. The number of hydrogen-bond acceptors (Lipinski definition) is 3. The molecule has 0 saturated heterocycles. The first-order chi connectivity index (χ1) is 6.66. The molecule has 74 valence electrons. The van der Waals surface area contributed by atoms with E-state index < -0.39 is 0 Å². The van der Waals surface area contributed by atoms with Crippen LogP contribution in [0.4, 0.5) is 0 Å². The molecule has 0 unspecified atom stereocenters. The molecule has 0 aromatic carbocycles. The fourth-order valence-electron chi connectivity index (χ4n) is 1.92. The van der Waals surface area contributed by atoms with Crippen LogP contribution in [0, 0.1) is 6.92 Å². The number of imidazole rings is 1. The van der Waals surface area contributed by atoms with Gasteiger partial charge in [0.25, 0.3) is 0 Å². The molecule has 5 heteroatoms. The molecule has 3 heterocycles. The van der Waals surface area contributed by atoms with E-state index in [9.17, 15) is 0 Å². The lowest BCUT2D eigenvalue weighted by Crippen LogP contribution is -2.08. The summed E-state index contributed by atoms with van der Waals surface area (Å²) >= 11 is 5.40. The summed E-state index contributed by atoms with van der Waals surface area (Å²) in [4.78, 5) is 9.41. The molecule has 0 bridgehead atoms. The molecule has 3 nitrogen and oxygen atoms in total. The second-order valence-corrected chi connectivity index (χ2v) is 5.56. The zero-order chi connectivity index (χ0) is 9.87. The van der Waals surface area contributed by atoms with Crippen LogP contribution in [0.3, 0.4) is 0 Å². The second kappa shape index (κ2) is 2.81. The minimum Gasteiger partial charge on any atom is -0.295 e. The molecule has 14 heavy (non-hydrogen) atoms. The molecular weight excluding hydrogens is 262 g/mol. The van der Waals surface area contributed by atoms with Gasteiger partial charge in [0.15, 0.2) is 4.96 Å². The van der Waals surface area contributed by atoms with Crippen molar-refractivity contribution in [1.29, 1.82) is 0 Å². The van der Waals surface area contributed by atoms with Gasteiger partial charge in [0.2, 0.25) is 0 Å². The van der Waals surface area contributed by atoms with Gasteiger partial charge >= 0.3 is 0 Å². The van der Waals surface area contributed by atoms with Crippen LogP contribution in [0.15, 0.2) is 4.60 Å². The van der Waals surface area contributed by atoms with Crippen LogP contribution in [0.5, 0.6) is 0 Å². The molecule has 0 spiro atoms.